The molecule has 0 fully saturated rings. The summed E-state index contributed by atoms with van der Waals surface area (Å²) in [5.74, 6) is 0.558. The molecule has 0 aliphatic rings. The maximum absolute atomic E-state index is 10.5. The molecule has 0 radical (unpaired) electrons. The maximum atomic E-state index is 10.5. The summed E-state index contributed by atoms with van der Waals surface area (Å²) in [5.41, 5.74) is 4.16. The average Bonchev–Trinajstić information content (AvgIpc) is 2.88. The summed E-state index contributed by atoms with van der Waals surface area (Å²) in [7, 11) is 1.86. The molecule has 0 saturated heterocycles. The first-order valence-corrected chi connectivity index (χ1v) is 6.72. The molecule has 2 heterocycles. The molecule has 2 aromatic heterocycles. The zero-order valence-electron chi connectivity index (χ0n) is 10.8. The molecule has 6 heteroatoms. The number of fused-ring (bicyclic) bond motifs is 1. The van der Waals surface area contributed by atoms with E-state index in [0.717, 1.165) is 27.9 Å². The van der Waals surface area contributed by atoms with E-state index in [2.05, 4.69) is 27.9 Å². The van der Waals surface area contributed by atoms with E-state index in [0.29, 0.717) is 11.4 Å². The van der Waals surface area contributed by atoms with Crippen molar-refractivity contribution in [1.82, 2.24) is 14.8 Å². The standard InChI is InChI=1S/C14H12N4OS/c1-18-14-13(7-15-18)12(6-11(8-20)16-14)9-2-4-10(17-19)5-3-9/h2-7,20H,8H2,1H3. The Kier molecular flexibility index (Phi) is 3.23. The molecule has 3 aromatic rings. The van der Waals surface area contributed by atoms with Crippen LogP contribution >= 0.6 is 12.6 Å². The van der Waals surface area contributed by atoms with Crippen LogP contribution in [0.4, 0.5) is 5.69 Å². The molecule has 0 aliphatic carbocycles. The zero-order chi connectivity index (χ0) is 14.1. The Morgan fingerprint density at radius 1 is 1.30 bits per heavy atom. The van der Waals surface area contributed by atoms with Crippen LogP contribution in [0.15, 0.2) is 41.7 Å². The summed E-state index contributed by atoms with van der Waals surface area (Å²) in [4.78, 5) is 15.0. The largest absolute Gasteiger partial charge is 0.250 e. The first-order chi connectivity index (χ1) is 9.72. The number of aromatic nitrogens is 3. The number of pyridine rings is 1. The fourth-order valence-electron chi connectivity index (χ4n) is 2.19. The Hall–Kier alpha value is -2.21. The first-order valence-electron chi connectivity index (χ1n) is 6.09. The van der Waals surface area contributed by atoms with E-state index < -0.39 is 0 Å². The van der Waals surface area contributed by atoms with Crippen molar-refractivity contribution in [3.8, 4) is 11.1 Å². The van der Waals surface area contributed by atoms with Crippen molar-refractivity contribution < 1.29 is 0 Å². The molecular formula is C14H12N4OS. The van der Waals surface area contributed by atoms with E-state index in [1.165, 1.54) is 0 Å². The van der Waals surface area contributed by atoms with E-state index >= 15 is 0 Å². The second-order valence-corrected chi connectivity index (χ2v) is 4.78. The summed E-state index contributed by atoms with van der Waals surface area (Å²) in [6, 6.07) is 9.15. The van der Waals surface area contributed by atoms with Crippen molar-refractivity contribution in [2.24, 2.45) is 12.2 Å². The van der Waals surface area contributed by atoms with Gasteiger partial charge >= 0.3 is 0 Å². The highest BCUT2D eigenvalue weighted by Gasteiger charge is 2.11. The lowest BCUT2D eigenvalue weighted by Crippen LogP contribution is -1.95. The second-order valence-electron chi connectivity index (χ2n) is 4.46. The molecule has 0 bridgehead atoms. The van der Waals surface area contributed by atoms with Crippen molar-refractivity contribution in [2.75, 3.05) is 0 Å². The van der Waals surface area contributed by atoms with Crippen molar-refractivity contribution in [1.29, 1.82) is 0 Å². The molecule has 3 rings (SSSR count). The molecule has 1 aromatic carbocycles. The summed E-state index contributed by atoms with van der Waals surface area (Å²) in [6.07, 6.45) is 1.80. The first kappa shape index (κ1) is 12.8. The summed E-state index contributed by atoms with van der Waals surface area (Å²) >= 11 is 4.29. The summed E-state index contributed by atoms with van der Waals surface area (Å²) in [5, 5.41) is 8.14. The van der Waals surface area contributed by atoms with Crippen LogP contribution in [0.25, 0.3) is 22.2 Å². The summed E-state index contributed by atoms with van der Waals surface area (Å²) in [6.45, 7) is 0. The molecule has 100 valence electrons. The molecule has 0 saturated carbocycles. The third-order valence-corrected chi connectivity index (χ3v) is 3.53. The smallest absolute Gasteiger partial charge is 0.158 e. The number of nitroso groups, excluding NO2 is 1. The van der Waals surface area contributed by atoms with Gasteiger partial charge < -0.3 is 0 Å². The van der Waals surface area contributed by atoms with Gasteiger partial charge in [-0.25, -0.2) is 4.98 Å². The number of hydrogen-bond donors (Lipinski definition) is 1. The minimum Gasteiger partial charge on any atom is -0.250 e. The highest BCUT2D eigenvalue weighted by Crippen LogP contribution is 2.30. The fourth-order valence-corrected chi connectivity index (χ4v) is 2.35. The fraction of sp³-hybridized carbons (Fsp3) is 0.143. The number of aryl methyl sites for hydroxylation is 1. The van der Waals surface area contributed by atoms with Crippen LogP contribution in [0.1, 0.15) is 5.69 Å². The van der Waals surface area contributed by atoms with Crippen molar-refractivity contribution in [3.63, 3.8) is 0 Å². The third kappa shape index (κ3) is 2.08. The van der Waals surface area contributed by atoms with Crippen molar-refractivity contribution in [3.05, 3.63) is 47.1 Å². The Morgan fingerprint density at radius 2 is 2.05 bits per heavy atom. The van der Waals surface area contributed by atoms with E-state index in [1.54, 1.807) is 23.0 Å². The highest BCUT2D eigenvalue weighted by molar-refractivity contribution is 7.79. The zero-order valence-corrected chi connectivity index (χ0v) is 11.7. The van der Waals surface area contributed by atoms with Crippen LogP contribution in [0.3, 0.4) is 0 Å². The van der Waals surface area contributed by atoms with Gasteiger partial charge in [0.2, 0.25) is 0 Å². The quantitative estimate of drug-likeness (QED) is 0.592. The van der Waals surface area contributed by atoms with Gasteiger partial charge in [-0.15, -0.1) is 4.91 Å². The number of rotatable bonds is 3. The molecule has 0 aliphatic heterocycles. The average molecular weight is 284 g/mol. The molecule has 5 nitrogen and oxygen atoms in total. The lowest BCUT2D eigenvalue weighted by Gasteiger charge is -2.06. The Bertz CT molecular complexity index is 780. The highest BCUT2D eigenvalue weighted by atomic mass is 32.1. The van der Waals surface area contributed by atoms with E-state index in [9.17, 15) is 4.91 Å². The molecule has 0 spiro atoms. The van der Waals surface area contributed by atoms with Crippen molar-refractivity contribution in [2.45, 2.75) is 5.75 Å². The van der Waals surface area contributed by atoms with Crippen LogP contribution < -0.4 is 0 Å². The molecule has 20 heavy (non-hydrogen) atoms. The monoisotopic (exact) mass is 284 g/mol. The van der Waals surface area contributed by atoms with Crippen LogP contribution in [0.2, 0.25) is 0 Å². The van der Waals surface area contributed by atoms with Gasteiger partial charge in [0.1, 0.15) is 5.69 Å². The Morgan fingerprint density at radius 3 is 2.70 bits per heavy atom. The van der Waals surface area contributed by atoms with Gasteiger partial charge in [-0.05, 0) is 34.5 Å². The van der Waals surface area contributed by atoms with Crippen LogP contribution in [0.5, 0.6) is 0 Å². The number of thiol groups is 1. The lowest BCUT2D eigenvalue weighted by molar-refractivity contribution is 0.784. The predicted octanol–water partition coefficient (Wildman–Crippen LogP) is 3.46. The minimum atomic E-state index is 0.416. The summed E-state index contributed by atoms with van der Waals surface area (Å²) < 4.78 is 1.74. The van der Waals surface area contributed by atoms with Gasteiger partial charge in [0.15, 0.2) is 5.65 Å². The topological polar surface area (TPSA) is 60.1 Å². The number of hydrogen-bond acceptors (Lipinski definition) is 5. The normalized spacial score (nSPS) is 10.9. The maximum Gasteiger partial charge on any atom is 0.158 e. The SMILES string of the molecule is Cn1ncc2c(-c3ccc(N=O)cc3)cc(CS)nc21. The molecule has 0 atom stereocenters. The second kappa shape index (κ2) is 5.05. The number of nitrogens with zero attached hydrogens (tertiary/aromatic N) is 4. The molecular weight excluding hydrogens is 272 g/mol. The van der Waals surface area contributed by atoms with E-state index in [4.69, 9.17) is 0 Å². The van der Waals surface area contributed by atoms with Gasteiger partial charge in [-0.2, -0.15) is 17.7 Å². The van der Waals surface area contributed by atoms with Gasteiger partial charge in [0.05, 0.1) is 11.9 Å². The number of benzene rings is 1. The molecule has 0 N–H and O–H groups in total. The van der Waals surface area contributed by atoms with Crippen LogP contribution in [-0.4, -0.2) is 14.8 Å². The molecule has 0 unspecified atom stereocenters. The lowest BCUT2D eigenvalue weighted by atomic mass is 10.0. The predicted molar refractivity (Wildman–Crippen MR) is 82.1 cm³/mol. The minimum absolute atomic E-state index is 0.416. The van der Waals surface area contributed by atoms with Gasteiger partial charge in [-0.3, -0.25) is 4.68 Å². The van der Waals surface area contributed by atoms with Crippen LogP contribution in [-0.2, 0) is 12.8 Å². The van der Waals surface area contributed by atoms with E-state index in [1.807, 2.05) is 25.2 Å². The Labute approximate surface area is 121 Å². The Balaban J connectivity index is 2.25. The van der Waals surface area contributed by atoms with Gasteiger partial charge in [0, 0.05) is 18.2 Å². The molecule has 0 amide bonds. The third-order valence-electron chi connectivity index (χ3n) is 3.20. The van der Waals surface area contributed by atoms with Gasteiger partial charge in [-0.1, -0.05) is 12.1 Å². The van der Waals surface area contributed by atoms with Crippen LogP contribution in [0, 0.1) is 4.91 Å². The van der Waals surface area contributed by atoms with Gasteiger partial charge in [0.25, 0.3) is 0 Å². The van der Waals surface area contributed by atoms with E-state index in [-0.39, 0.29) is 0 Å². The van der Waals surface area contributed by atoms with Crippen molar-refractivity contribution >= 4 is 29.3 Å².